The average Bonchev–Trinajstić information content (AvgIpc) is 2.86. The van der Waals surface area contributed by atoms with Crippen molar-refractivity contribution in [1.29, 1.82) is 0 Å². The predicted molar refractivity (Wildman–Crippen MR) is 52.8 cm³/mol. The van der Waals surface area contributed by atoms with E-state index in [1.54, 1.807) is 0 Å². The number of piperidine rings is 1. The topological polar surface area (TPSA) is 66.3 Å². The molecule has 2 heterocycles. The first-order chi connectivity index (χ1) is 7.25. The SMILES string of the molecule is O=C(O)c1ccnnc1N1CC2CC2C1. The number of fused-ring (bicyclic) bond motifs is 1. The summed E-state index contributed by atoms with van der Waals surface area (Å²) in [5.74, 6) is 1.11. The zero-order valence-electron chi connectivity index (χ0n) is 8.13. The molecule has 78 valence electrons. The van der Waals surface area contributed by atoms with Crippen molar-refractivity contribution < 1.29 is 9.90 Å². The van der Waals surface area contributed by atoms with Crippen molar-refractivity contribution >= 4 is 11.8 Å². The Balaban J connectivity index is 1.93. The highest BCUT2D eigenvalue weighted by Crippen LogP contribution is 2.46. The van der Waals surface area contributed by atoms with Crippen LogP contribution in [-0.2, 0) is 0 Å². The van der Waals surface area contributed by atoms with Crippen molar-refractivity contribution in [2.45, 2.75) is 6.42 Å². The Morgan fingerprint density at radius 3 is 2.87 bits per heavy atom. The van der Waals surface area contributed by atoms with Crippen LogP contribution in [0.25, 0.3) is 0 Å². The molecule has 1 aromatic rings. The Bertz CT molecular complexity index is 411. The van der Waals surface area contributed by atoms with Crippen LogP contribution in [0.2, 0.25) is 0 Å². The molecule has 1 aliphatic carbocycles. The molecule has 2 atom stereocenters. The lowest BCUT2D eigenvalue weighted by Crippen LogP contribution is -2.25. The van der Waals surface area contributed by atoms with E-state index in [-0.39, 0.29) is 5.56 Å². The molecule has 1 N–H and O–H groups in total. The Hall–Kier alpha value is -1.65. The Morgan fingerprint density at radius 1 is 1.47 bits per heavy atom. The molecule has 5 heteroatoms. The van der Waals surface area contributed by atoms with E-state index >= 15 is 0 Å². The van der Waals surface area contributed by atoms with E-state index in [0.29, 0.717) is 5.82 Å². The third kappa shape index (κ3) is 1.35. The van der Waals surface area contributed by atoms with Crippen LogP contribution in [-0.4, -0.2) is 34.4 Å². The Kier molecular flexibility index (Phi) is 1.68. The van der Waals surface area contributed by atoms with E-state index in [1.807, 2.05) is 4.90 Å². The van der Waals surface area contributed by atoms with E-state index in [4.69, 9.17) is 5.11 Å². The summed E-state index contributed by atoms with van der Waals surface area (Å²) in [4.78, 5) is 13.0. The second-order valence-electron chi connectivity index (χ2n) is 4.23. The number of carboxylic acids is 1. The molecule has 0 spiro atoms. The molecule has 3 rings (SSSR count). The van der Waals surface area contributed by atoms with Gasteiger partial charge in [0.1, 0.15) is 5.56 Å². The number of nitrogens with zero attached hydrogens (tertiary/aromatic N) is 3. The van der Waals surface area contributed by atoms with Gasteiger partial charge in [-0.25, -0.2) is 4.79 Å². The highest BCUT2D eigenvalue weighted by Gasteiger charge is 2.46. The number of anilines is 1. The van der Waals surface area contributed by atoms with Gasteiger partial charge in [-0.1, -0.05) is 0 Å². The molecule has 0 aromatic carbocycles. The van der Waals surface area contributed by atoms with Crippen LogP contribution < -0.4 is 4.90 Å². The number of hydrogen-bond donors (Lipinski definition) is 1. The smallest absolute Gasteiger partial charge is 0.339 e. The molecular formula is C10H11N3O2. The van der Waals surface area contributed by atoms with E-state index in [9.17, 15) is 4.79 Å². The fourth-order valence-corrected chi connectivity index (χ4v) is 2.30. The number of aromatic carboxylic acids is 1. The summed E-state index contributed by atoms with van der Waals surface area (Å²) in [6.07, 6.45) is 2.71. The van der Waals surface area contributed by atoms with Crippen LogP contribution in [0.5, 0.6) is 0 Å². The molecule has 1 aromatic heterocycles. The fraction of sp³-hybridized carbons (Fsp3) is 0.500. The Morgan fingerprint density at radius 2 is 2.20 bits per heavy atom. The molecule has 0 amide bonds. The normalized spacial score (nSPS) is 27.6. The summed E-state index contributed by atoms with van der Waals surface area (Å²) in [6.45, 7) is 1.87. The molecule has 0 radical (unpaired) electrons. The lowest BCUT2D eigenvalue weighted by molar-refractivity contribution is 0.0697. The van der Waals surface area contributed by atoms with Crippen LogP contribution in [0.3, 0.4) is 0 Å². The highest BCUT2D eigenvalue weighted by atomic mass is 16.4. The fourth-order valence-electron chi connectivity index (χ4n) is 2.30. The standard InChI is InChI=1S/C10H11N3O2/c14-10(15)8-1-2-11-12-9(8)13-4-6-3-7(6)5-13/h1-2,6-7H,3-5H2,(H,14,15). The maximum absolute atomic E-state index is 11.0. The van der Waals surface area contributed by atoms with Gasteiger partial charge in [-0.15, -0.1) is 5.10 Å². The van der Waals surface area contributed by atoms with Crippen LogP contribution in [0, 0.1) is 11.8 Å². The van der Waals surface area contributed by atoms with Crippen molar-refractivity contribution in [2.24, 2.45) is 11.8 Å². The quantitative estimate of drug-likeness (QED) is 0.767. The summed E-state index contributed by atoms with van der Waals surface area (Å²) in [7, 11) is 0. The summed E-state index contributed by atoms with van der Waals surface area (Å²) < 4.78 is 0. The van der Waals surface area contributed by atoms with Crippen molar-refractivity contribution in [1.82, 2.24) is 10.2 Å². The van der Waals surface area contributed by atoms with Crippen molar-refractivity contribution in [2.75, 3.05) is 18.0 Å². The molecule has 1 saturated heterocycles. The molecule has 2 aliphatic rings. The van der Waals surface area contributed by atoms with Crippen LogP contribution in [0.1, 0.15) is 16.8 Å². The second-order valence-corrected chi connectivity index (χ2v) is 4.23. The van der Waals surface area contributed by atoms with Crippen molar-refractivity contribution in [3.05, 3.63) is 17.8 Å². The minimum absolute atomic E-state index is 0.256. The van der Waals surface area contributed by atoms with E-state index in [2.05, 4.69) is 10.2 Å². The first kappa shape index (κ1) is 8.64. The monoisotopic (exact) mass is 205 g/mol. The zero-order valence-corrected chi connectivity index (χ0v) is 8.13. The van der Waals surface area contributed by atoms with E-state index in [1.165, 1.54) is 18.7 Å². The van der Waals surface area contributed by atoms with Gasteiger partial charge in [0.05, 0.1) is 6.20 Å². The minimum atomic E-state index is -0.930. The molecule has 1 aliphatic heterocycles. The maximum atomic E-state index is 11.0. The van der Waals surface area contributed by atoms with Crippen LogP contribution in [0.15, 0.2) is 12.3 Å². The van der Waals surface area contributed by atoms with Gasteiger partial charge in [-0.2, -0.15) is 5.10 Å². The van der Waals surface area contributed by atoms with Gasteiger partial charge in [0, 0.05) is 13.1 Å². The van der Waals surface area contributed by atoms with Gasteiger partial charge in [0.15, 0.2) is 5.82 Å². The van der Waals surface area contributed by atoms with Crippen LogP contribution >= 0.6 is 0 Å². The predicted octanol–water partition coefficient (Wildman–Crippen LogP) is 0.631. The van der Waals surface area contributed by atoms with Gasteiger partial charge in [-0.05, 0) is 24.3 Å². The van der Waals surface area contributed by atoms with E-state index < -0.39 is 5.97 Å². The highest BCUT2D eigenvalue weighted by molar-refractivity contribution is 5.93. The third-order valence-corrected chi connectivity index (χ3v) is 3.21. The molecular weight excluding hydrogens is 194 g/mol. The number of aromatic nitrogens is 2. The summed E-state index contributed by atoms with van der Waals surface area (Å²) in [5.41, 5.74) is 0.256. The van der Waals surface area contributed by atoms with E-state index in [0.717, 1.165) is 24.9 Å². The van der Waals surface area contributed by atoms with Crippen LogP contribution in [0.4, 0.5) is 5.82 Å². The largest absolute Gasteiger partial charge is 0.478 e. The lowest BCUT2D eigenvalue weighted by atomic mass is 10.2. The van der Waals surface area contributed by atoms with Gasteiger partial charge >= 0.3 is 5.97 Å². The molecule has 0 bridgehead atoms. The number of carboxylic acid groups (broad SMARTS) is 1. The van der Waals surface area contributed by atoms with Crippen molar-refractivity contribution in [3.8, 4) is 0 Å². The lowest BCUT2D eigenvalue weighted by Gasteiger charge is -2.19. The van der Waals surface area contributed by atoms with Gasteiger partial charge in [0.2, 0.25) is 0 Å². The number of carbonyl (C=O) groups is 1. The molecule has 2 fully saturated rings. The van der Waals surface area contributed by atoms with Gasteiger partial charge in [-0.3, -0.25) is 0 Å². The average molecular weight is 205 g/mol. The number of hydrogen-bond acceptors (Lipinski definition) is 4. The Labute approximate surface area is 86.7 Å². The van der Waals surface area contributed by atoms with Gasteiger partial charge in [0.25, 0.3) is 0 Å². The van der Waals surface area contributed by atoms with Gasteiger partial charge < -0.3 is 10.0 Å². The van der Waals surface area contributed by atoms with Crippen molar-refractivity contribution in [3.63, 3.8) is 0 Å². The summed E-state index contributed by atoms with van der Waals surface area (Å²) in [6, 6.07) is 1.51. The minimum Gasteiger partial charge on any atom is -0.478 e. The molecule has 5 nitrogen and oxygen atoms in total. The summed E-state index contributed by atoms with van der Waals surface area (Å²) in [5, 5.41) is 16.7. The second kappa shape index (κ2) is 2.92. The number of rotatable bonds is 2. The molecule has 15 heavy (non-hydrogen) atoms. The zero-order chi connectivity index (χ0) is 10.4. The first-order valence-electron chi connectivity index (χ1n) is 5.05. The maximum Gasteiger partial charge on any atom is 0.339 e. The summed E-state index contributed by atoms with van der Waals surface area (Å²) >= 11 is 0. The first-order valence-corrected chi connectivity index (χ1v) is 5.05. The third-order valence-electron chi connectivity index (χ3n) is 3.21. The molecule has 1 saturated carbocycles. The molecule has 2 unspecified atom stereocenters.